The normalized spacial score (nSPS) is 11.2. The van der Waals surface area contributed by atoms with Crippen LogP contribution in [0.3, 0.4) is 0 Å². The molecule has 0 amide bonds. The first-order chi connectivity index (χ1) is 16.7. The zero-order valence-electron chi connectivity index (χ0n) is 22.8. The highest BCUT2D eigenvalue weighted by atomic mass is 16.5. The van der Waals surface area contributed by atoms with Crippen molar-refractivity contribution in [3.63, 3.8) is 0 Å². The Labute approximate surface area is 211 Å². The van der Waals surface area contributed by atoms with E-state index in [1.807, 2.05) is 6.08 Å². The maximum atomic E-state index is 11.6. The Hall–Kier alpha value is -1.32. The fourth-order valence-electron chi connectivity index (χ4n) is 3.98. The van der Waals surface area contributed by atoms with Crippen molar-refractivity contribution in [1.82, 2.24) is 0 Å². The summed E-state index contributed by atoms with van der Waals surface area (Å²) < 4.78 is 10.4. The molecule has 0 heterocycles. The van der Waals surface area contributed by atoms with Crippen molar-refractivity contribution in [2.24, 2.45) is 0 Å². The molecule has 0 atom stereocenters. The average molecular weight is 481 g/mol. The predicted octanol–water partition coefficient (Wildman–Crippen LogP) is 9.25. The number of hydrogen-bond acceptors (Lipinski definition) is 4. The van der Waals surface area contributed by atoms with E-state index in [9.17, 15) is 9.59 Å². The van der Waals surface area contributed by atoms with E-state index < -0.39 is 0 Å². The molecular weight excluding hydrogens is 424 g/mol. The van der Waals surface area contributed by atoms with Gasteiger partial charge in [-0.3, -0.25) is 9.59 Å². The molecule has 0 radical (unpaired) electrons. The Morgan fingerprint density at radius 2 is 0.941 bits per heavy atom. The fraction of sp³-hybridized carbons (Fsp3) is 0.867. The minimum atomic E-state index is -0.0950. The first kappa shape index (κ1) is 32.7. The molecule has 0 aliphatic heterocycles. The first-order valence-electron chi connectivity index (χ1n) is 14.7. The highest BCUT2D eigenvalue weighted by Gasteiger charge is 2.02. The standard InChI is InChI=1S/C30H56O4/c1-3-5-23-27-33-29(31)25-21-19-17-15-13-11-9-7-8-10-12-14-16-18-20-22-26-30(32)34-28-24-6-4-2/h19,21H,3-18,20,22-28H2,1-2H3/b21-19+. The van der Waals surface area contributed by atoms with E-state index in [1.165, 1.54) is 70.6 Å². The molecule has 0 aromatic rings. The van der Waals surface area contributed by atoms with Crippen molar-refractivity contribution in [2.75, 3.05) is 13.2 Å². The van der Waals surface area contributed by atoms with Gasteiger partial charge in [0.15, 0.2) is 0 Å². The molecule has 4 nitrogen and oxygen atoms in total. The Morgan fingerprint density at radius 3 is 1.44 bits per heavy atom. The molecule has 0 aliphatic rings. The second-order valence-corrected chi connectivity index (χ2v) is 9.67. The summed E-state index contributed by atoms with van der Waals surface area (Å²) in [5.41, 5.74) is 0. The summed E-state index contributed by atoms with van der Waals surface area (Å²) >= 11 is 0. The Bertz CT molecular complexity index is 472. The molecular formula is C30H56O4. The van der Waals surface area contributed by atoms with E-state index in [4.69, 9.17) is 9.47 Å². The van der Waals surface area contributed by atoms with Crippen LogP contribution < -0.4 is 0 Å². The van der Waals surface area contributed by atoms with Crippen LogP contribution >= 0.6 is 0 Å². The maximum Gasteiger partial charge on any atom is 0.309 e. The van der Waals surface area contributed by atoms with Gasteiger partial charge in [-0.1, -0.05) is 122 Å². The third kappa shape index (κ3) is 26.9. The van der Waals surface area contributed by atoms with Crippen LogP contribution in [0.25, 0.3) is 0 Å². The van der Waals surface area contributed by atoms with E-state index in [0.717, 1.165) is 57.8 Å². The minimum absolute atomic E-state index is 0.0114. The molecule has 0 aliphatic carbocycles. The summed E-state index contributed by atoms with van der Waals surface area (Å²) in [4.78, 5) is 23.1. The van der Waals surface area contributed by atoms with Crippen LogP contribution in [0.15, 0.2) is 12.2 Å². The maximum absolute atomic E-state index is 11.6. The van der Waals surface area contributed by atoms with Gasteiger partial charge in [0.05, 0.1) is 19.6 Å². The molecule has 0 spiro atoms. The second kappa shape index (κ2) is 27.9. The lowest BCUT2D eigenvalue weighted by Crippen LogP contribution is -2.05. The molecule has 4 heteroatoms. The number of unbranched alkanes of at least 4 members (excludes halogenated alkanes) is 17. The summed E-state index contributed by atoms with van der Waals surface area (Å²) in [5, 5.41) is 0. The topological polar surface area (TPSA) is 52.6 Å². The van der Waals surface area contributed by atoms with Crippen LogP contribution in [0.1, 0.15) is 155 Å². The van der Waals surface area contributed by atoms with Crippen LogP contribution in [0.4, 0.5) is 0 Å². The number of allylic oxidation sites excluding steroid dienone is 1. The zero-order chi connectivity index (χ0) is 25.0. The van der Waals surface area contributed by atoms with Crippen molar-refractivity contribution >= 4 is 11.9 Å². The van der Waals surface area contributed by atoms with Gasteiger partial charge in [0.25, 0.3) is 0 Å². The lowest BCUT2D eigenvalue weighted by molar-refractivity contribution is -0.144. The van der Waals surface area contributed by atoms with Crippen LogP contribution in [0.2, 0.25) is 0 Å². The number of carbonyl (C=O) groups is 2. The quantitative estimate of drug-likeness (QED) is 0.0703. The van der Waals surface area contributed by atoms with Gasteiger partial charge in [-0.15, -0.1) is 0 Å². The Morgan fingerprint density at radius 1 is 0.500 bits per heavy atom. The van der Waals surface area contributed by atoms with Gasteiger partial charge in [-0.25, -0.2) is 0 Å². The molecule has 0 N–H and O–H groups in total. The van der Waals surface area contributed by atoms with Gasteiger partial charge in [-0.05, 0) is 32.1 Å². The molecule has 0 bridgehead atoms. The molecule has 0 aromatic carbocycles. The summed E-state index contributed by atoms with van der Waals surface area (Å²) in [5.74, 6) is -0.106. The Balaban J connectivity index is 3.21. The Kier molecular flexibility index (Phi) is 26.8. The highest BCUT2D eigenvalue weighted by molar-refractivity contribution is 5.71. The number of esters is 2. The van der Waals surface area contributed by atoms with E-state index >= 15 is 0 Å². The first-order valence-corrected chi connectivity index (χ1v) is 14.7. The summed E-state index contributed by atoms with van der Waals surface area (Å²) in [6.45, 7) is 5.47. The number of ether oxygens (including phenoxy) is 2. The average Bonchev–Trinajstić information content (AvgIpc) is 2.83. The van der Waals surface area contributed by atoms with Gasteiger partial charge in [-0.2, -0.15) is 0 Å². The third-order valence-electron chi connectivity index (χ3n) is 6.22. The molecule has 0 unspecified atom stereocenters. The number of carbonyl (C=O) groups excluding carboxylic acids is 2. The van der Waals surface area contributed by atoms with Gasteiger partial charge < -0.3 is 9.47 Å². The van der Waals surface area contributed by atoms with E-state index in [0.29, 0.717) is 26.1 Å². The lowest BCUT2D eigenvalue weighted by Gasteiger charge is -2.05. The highest BCUT2D eigenvalue weighted by Crippen LogP contribution is 2.14. The molecule has 34 heavy (non-hydrogen) atoms. The molecule has 0 saturated carbocycles. The van der Waals surface area contributed by atoms with Crippen molar-refractivity contribution < 1.29 is 19.1 Å². The van der Waals surface area contributed by atoms with Crippen LogP contribution in [-0.2, 0) is 19.1 Å². The van der Waals surface area contributed by atoms with E-state index in [2.05, 4.69) is 19.9 Å². The SMILES string of the molecule is CCCCCOC(=O)C/C=C/CCCCCCCCCCCCCCCC(=O)OCCCCC. The van der Waals surface area contributed by atoms with Crippen molar-refractivity contribution in [2.45, 2.75) is 155 Å². The van der Waals surface area contributed by atoms with Crippen molar-refractivity contribution in [3.8, 4) is 0 Å². The van der Waals surface area contributed by atoms with Crippen molar-refractivity contribution in [3.05, 3.63) is 12.2 Å². The summed E-state index contributed by atoms with van der Waals surface area (Å²) in [7, 11) is 0. The monoisotopic (exact) mass is 480 g/mol. The van der Waals surface area contributed by atoms with E-state index in [-0.39, 0.29) is 11.9 Å². The lowest BCUT2D eigenvalue weighted by atomic mass is 10.0. The molecule has 0 rings (SSSR count). The molecule has 0 fully saturated rings. The number of rotatable bonds is 26. The van der Waals surface area contributed by atoms with Crippen LogP contribution in [0.5, 0.6) is 0 Å². The van der Waals surface area contributed by atoms with Gasteiger partial charge >= 0.3 is 11.9 Å². The summed E-state index contributed by atoms with van der Waals surface area (Å²) in [6, 6.07) is 0. The zero-order valence-corrected chi connectivity index (χ0v) is 22.8. The number of hydrogen-bond donors (Lipinski definition) is 0. The van der Waals surface area contributed by atoms with Gasteiger partial charge in [0.1, 0.15) is 0 Å². The van der Waals surface area contributed by atoms with Crippen molar-refractivity contribution in [1.29, 1.82) is 0 Å². The van der Waals surface area contributed by atoms with Crippen LogP contribution in [0, 0.1) is 0 Å². The molecule has 200 valence electrons. The second-order valence-electron chi connectivity index (χ2n) is 9.67. The molecule has 0 aromatic heterocycles. The minimum Gasteiger partial charge on any atom is -0.466 e. The predicted molar refractivity (Wildman–Crippen MR) is 144 cm³/mol. The van der Waals surface area contributed by atoms with E-state index in [1.54, 1.807) is 0 Å². The van der Waals surface area contributed by atoms with Gasteiger partial charge in [0, 0.05) is 6.42 Å². The van der Waals surface area contributed by atoms with Crippen LogP contribution in [-0.4, -0.2) is 25.2 Å². The molecule has 0 saturated heterocycles. The largest absolute Gasteiger partial charge is 0.466 e. The smallest absolute Gasteiger partial charge is 0.309 e. The fourth-order valence-corrected chi connectivity index (χ4v) is 3.98. The van der Waals surface area contributed by atoms with Gasteiger partial charge in [0.2, 0.25) is 0 Å². The third-order valence-corrected chi connectivity index (χ3v) is 6.22. The summed E-state index contributed by atoms with van der Waals surface area (Å²) in [6.07, 6.45) is 29.4.